The first-order valence-corrected chi connectivity index (χ1v) is 8.35. The van der Waals surface area contributed by atoms with Crippen LogP contribution in [0.25, 0.3) is 0 Å². The molecule has 20 heavy (non-hydrogen) atoms. The van der Waals surface area contributed by atoms with Gasteiger partial charge in [-0.25, -0.2) is 17.5 Å². The molecule has 0 spiro atoms. The molecule has 6 heteroatoms. The highest BCUT2D eigenvalue weighted by molar-refractivity contribution is 7.89. The number of nitrogens with one attached hydrogen (secondary N) is 1. The topological polar surface area (TPSA) is 72.2 Å². The first-order valence-electron chi connectivity index (χ1n) is 6.87. The normalized spacial score (nSPS) is 18.9. The van der Waals surface area contributed by atoms with Crippen molar-refractivity contribution in [2.45, 2.75) is 43.9 Å². The lowest BCUT2D eigenvalue weighted by Gasteiger charge is -2.33. The Labute approximate surface area is 119 Å². The number of hydrogen-bond donors (Lipinski definition) is 2. The van der Waals surface area contributed by atoms with Crippen LogP contribution < -0.4 is 10.5 Å². The van der Waals surface area contributed by atoms with Gasteiger partial charge in [0.15, 0.2) is 0 Å². The van der Waals surface area contributed by atoms with Crippen LogP contribution in [0.2, 0.25) is 0 Å². The molecule has 2 rings (SSSR count). The molecule has 1 aliphatic carbocycles. The Morgan fingerprint density at radius 2 is 1.95 bits per heavy atom. The number of hydrogen-bond acceptors (Lipinski definition) is 3. The smallest absolute Gasteiger partial charge is 0.243 e. The zero-order chi connectivity index (χ0) is 14.8. The summed E-state index contributed by atoms with van der Waals surface area (Å²) in [7, 11) is -3.83. The summed E-state index contributed by atoms with van der Waals surface area (Å²) in [5.74, 6) is -0.814. The summed E-state index contributed by atoms with van der Waals surface area (Å²) in [6.45, 7) is 2.42. The molecule has 1 aromatic carbocycles. The Bertz CT molecular complexity index is 581. The molecule has 0 saturated heterocycles. The minimum Gasteiger partial charge on any atom is -0.399 e. The van der Waals surface area contributed by atoms with E-state index in [2.05, 4.69) is 11.6 Å². The van der Waals surface area contributed by atoms with Crippen molar-refractivity contribution in [3.63, 3.8) is 0 Å². The van der Waals surface area contributed by atoms with Gasteiger partial charge in [-0.2, -0.15) is 0 Å². The predicted octanol–water partition coefficient (Wildman–Crippen LogP) is 2.66. The van der Waals surface area contributed by atoms with E-state index in [9.17, 15) is 12.8 Å². The number of rotatable bonds is 4. The van der Waals surface area contributed by atoms with Gasteiger partial charge in [0.05, 0.1) is 0 Å². The molecule has 0 heterocycles. The SMILES string of the molecule is CC1(CNS(=O)(=O)c2ccc(N)cc2F)CCCCC1. The molecule has 0 amide bonds. The van der Waals surface area contributed by atoms with Crippen LogP contribution in [-0.4, -0.2) is 15.0 Å². The monoisotopic (exact) mass is 300 g/mol. The van der Waals surface area contributed by atoms with Crippen molar-refractivity contribution in [3.05, 3.63) is 24.0 Å². The van der Waals surface area contributed by atoms with Crippen LogP contribution in [-0.2, 0) is 10.0 Å². The molecule has 0 atom stereocenters. The third kappa shape index (κ3) is 3.49. The van der Waals surface area contributed by atoms with Crippen LogP contribution in [0.5, 0.6) is 0 Å². The summed E-state index contributed by atoms with van der Waals surface area (Å²) in [6, 6.07) is 3.62. The molecule has 1 aliphatic rings. The second-order valence-electron chi connectivity index (χ2n) is 5.89. The molecule has 0 radical (unpaired) electrons. The van der Waals surface area contributed by atoms with E-state index in [1.165, 1.54) is 18.6 Å². The van der Waals surface area contributed by atoms with E-state index in [0.717, 1.165) is 31.7 Å². The van der Waals surface area contributed by atoms with Crippen molar-refractivity contribution in [3.8, 4) is 0 Å². The highest BCUT2D eigenvalue weighted by Gasteiger charge is 2.29. The zero-order valence-corrected chi connectivity index (χ0v) is 12.5. The largest absolute Gasteiger partial charge is 0.399 e. The molecule has 0 unspecified atom stereocenters. The van der Waals surface area contributed by atoms with Crippen molar-refractivity contribution in [1.29, 1.82) is 0 Å². The fraction of sp³-hybridized carbons (Fsp3) is 0.571. The Morgan fingerprint density at radius 3 is 2.55 bits per heavy atom. The van der Waals surface area contributed by atoms with Gasteiger partial charge in [0, 0.05) is 12.2 Å². The average Bonchev–Trinajstić information content (AvgIpc) is 2.37. The average molecular weight is 300 g/mol. The van der Waals surface area contributed by atoms with Crippen LogP contribution in [0, 0.1) is 11.2 Å². The second kappa shape index (κ2) is 5.69. The summed E-state index contributed by atoms with van der Waals surface area (Å²) >= 11 is 0. The lowest BCUT2D eigenvalue weighted by atomic mass is 9.76. The van der Waals surface area contributed by atoms with Crippen LogP contribution >= 0.6 is 0 Å². The Kier molecular flexibility index (Phi) is 4.34. The lowest BCUT2D eigenvalue weighted by Crippen LogP contribution is -2.37. The highest BCUT2D eigenvalue weighted by Crippen LogP contribution is 2.35. The van der Waals surface area contributed by atoms with Gasteiger partial charge < -0.3 is 5.73 Å². The maximum atomic E-state index is 13.7. The van der Waals surface area contributed by atoms with E-state index in [1.54, 1.807) is 0 Å². The fourth-order valence-electron chi connectivity index (χ4n) is 2.66. The summed E-state index contributed by atoms with van der Waals surface area (Å²) in [4.78, 5) is -0.342. The molecule has 1 aromatic rings. The fourth-order valence-corrected chi connectivity index (χ4v) is 3.92. The predicted molar refractivity (Wildman–Crippen MR) is 77.2 cm³/mol. The van der Waals surface area contributed by atoms with Crippen molar-refractivity contribution in [2.75, 3.05) is 12.3 Å². The molecule has 0 aromatic heterocycles. The summed E-state index contributed by atoms with van der Waals surface area (Å²) in [6.07, 6.45) is 5.44. The van der Waals surface area contributed by atoms with Crippen LogP contribution in [0.3, 0.4) is 0 Å². The van der Waals surface area contributed by atoms with Crippen molar-refractivity contribution < 1.29 is 12.8 Å². The van der Waals surface area contributed by atoms with Gasteiger partial charge in [-0.3, -0.25) is 0 Å². The molecule has 3 N–H and O–H groups in total. The minimum atomic E-state index is -3.83. The molecule has 112 valence electrons. The van der Waals surface area contributed by atoms with Gasteiger partial charge in [0.2, 0.25) is 10.0 Å². The molecule has 0 bridgehead atoms. The number of halogens is 1. The van der Waals surface area contributed by atoms with E-state index >= 15 is 0 Å². The van der Waals surface area contributed by atoms with Gasteiger partial charge in [-0.05, 0) is 36.5 Å². The number of nitrogens with two attached hydrogens (primary N) is 1. The highest BCUT2D eigenvalue weighted by atomic mass is 32.2. The van der Waals surface area contributed by atoms with Gasteiger partial charge in [-0.15, -0.1) is 0 Å². The van der Waals surface area contributed by atoms with Gasteiger partial charge in [0.25, 0.3) is 0 Å². The van der Waals surface area contributed by atoms with E-state index in [0.29, 0.717) is 6.54 Å². The number of sulfonamides is 1. The first-order chi connectivity index (χ1) is 9.32. The first kappa shape index (κ1) is 15.3. The van der Waals surface area contributed by atoms with E-state index in [4.69, 9.17) is 5.73 Å². The van der Waals surface area contributed by atoms with Crippen LogP contribution in [0.4, 0.5) is 10.1 Å². The third-order valence-electron chi connectivity index (χ3n) is 4.00. The molecular weight excluding hydrogens is 279 g/mol. The minimum absolute atomic E-state index is 0.0321. The zero-order valence-electron chi connectivity index (χ0n) is 11.7. The molecule has 4 nitrogen and oxygen atoms in total. The van der Waals surface area contributed by atoms with Gasteiger partial charge in [-0.1, -0.05) is 26.2 Å². The summed E-state index contributed by atoms with van der Waals surface area (Å²) in [5, 5.41) is 0. The number of benzene rings is 1. The van der Waals surface area contributed by atoms with Crippen molar-refractivity contribution in [2.24, 2.45) is 5.41 Å². The van der Waals surface area contributed by atoms with Crippen molar-refractivity contribution in [1.82, 2.24) is 4.72 Å². The lowest BCUT2D eigenvalue weighted by molar-refractivity contribution is 0.219. The second-order valence-corrected chi connectivity index (χ2v) is 7.62. The van der Waals surface area contributed by atoms with E-state index < -0.39 is 15.8 Å². The van der Waals surface area contributed by atoms with Gasteiger partial charge >= 0.3 is 0 Å². The Hall–Kier alpha value is -1.14. The summed E-state index contributed by atoms with van der Waals surface area (Å²) < 4.78 is 40.6. The van der Waals surface area contributed by atoms with Gasteiger partial charge in [0.1, 0.15) is 10.7 Å². The van der Waals surface area contributed by atoms with Crippen LogP contribution in [0.1, 0.15) is 39.0 Å². The molecule has 0 aliphatic heterocycles. The van der Waals surface area contributed by atoms with E-state index in [1.807, 2.05) is 0 Å². The van der Waals surface area contributed by atoms with Crippen molar-refractivity contribution >= 4 is 15.7 Å². The Balaban J connectivity index is 2.11. The Morgan fingerprint density at radius 1 is 1.30 bits per heavy atom. The number of nitrogen functional groups attached to an aromatic ring is 1. The summed E-state index contributed by atoms with van der Waals surface area (Å²) in [5.41, 5.74) is 5.60. The maximum Gasteiger partial charge on any atom is 0.243 e. The third-order valence-corrected chi connectivity index (χ3v) is 5.43. The standard InChI is InChI=1S/C14H21FN2O2S/c1-14(7-3-2-4-8-14)10-17-20(18,19)13-6-5-11(16)9-12(13)15/h5-6,9,17H,2-4,7-8,10,16H2,1H3. The quantitative estimate of drug-likeness (QED) is 0.840. The maximum absolute atomic E-state index is 13.7. The van der Waals surface area contributed by atoms with E-state index in [-0.39, 0.29) is 16.0 Å². The molecular formula is C14H21FN2O2S. The number of anilines is 1. The molecule has 1 saturated carbocycles. The van der Waals surface area contributed by atoms with Crippen LogP contribution in [0.15, 0.2) is 23.1 Å². The molecule has 1 fully saturated rings.